The molecular weight excluding hydrogens is 416 g/mol. The monoisotopic (exact) mass is 450 g/mol. The van der Waals surface area contributed by atoms with E-state index < -0.39 is 14.6 Å². The Balaban J connectivity index is 1.78. The van der Waals surface area contributed by atoms with Crippen LogP contribution in [0.15, 0.2) is 73.0 Å². The van der Waals surface area contributed by atoms with E-state index in [0.29, 0.717) is 5.92 Å². The van der Waals surface area contributed by atoms with Crippen LogP contribution in [0.2, 0.25) is 5.04 Å². The minimum Gasteiger partial charge on any atom is -0.462 e. The lowest BCUT2D eigenvalue weighted by molar-refractivity contribution is -0.185. The van der Waals surface area contributed by atoms with Crippen LogP contribution in [0.1, 0.15) is 41.0 Å². The number of hydrogen-bond acceptors (Lipinski definition) is 4. The van der Waals surface area contributed by atoms with Crippen LogP contribution >= 0.6 is 0 Å². The van der Waals surface area contributed by atoms with Crippen molar-refractivity contribution in [3.63, 3.8) is 0 Å². The zero-order valence-electron chi connectivity index (χ0n) is 19.7. The van der Waals surface area contributed by atoms with Gasteiger partial charge in [0.25, 0.3) is 8.32 Å². The molecule has 0 saturated heterocycles. The summed E-state index contributed by atoms with van der Waals surface area (Å²) in [6.07, 6.45) is 4.18. The molecule has 1 fully saturated rings. The zero-order chi connectivity index (χ0) is 22.9. The van der Waals surface area contributed by atoms with Gasteiger partial charge in [0.1, 0.15) is 0 Å². The van der Waals surface area contributed by atoms with Crippen molar-refractivity contribution in [2.75, 3.05) is 0 Å². The molecule has 0 spiro atoms. The molecule has 4 nitrogen and oxygen atoms in total. The highest BCUT2D eigenvalue weighted by Gasteiger charge is 2.56. The van der Waals surface area contributed by atoms with Crippen LogP contribution in [0, 0.1) is 17.8 Å². The van der Waals surface area contributed by atoms with E-state index in [9.17, 15) is 4.79 Å². The van der Waals surface area contributed by atoms with Crippen molar-refractivity contribution in [3.8, 4) is 0 Å². The summed E-state index contributed by atoms with van der Waals surface area (Å²) < 4.78 is 18.7. The summed E-state index contributed by atoms with van der Waals surface area (Å²) in [6, 6.07) is 21.5. The fraction of sp³-hybridized carbons (Fsp3) is 0.444. The van der Waals surface area contributed by atoms with Gasteiger partial charge in [-0.3, -0.25) is 4.79 Å². The Labute approximate surface area is 192 Å². The summed E-state index contributed by atoms with van der Waals surface area (Å²) in [7, 11) is -2.66. The predicted octanol–water partition coefficient (Wildman–Crippen LogP) is 4.64. The first kappa shape index (κ1) is 22.8. The number of carbonyl (C=O) groups is 1. The normalized spacial score (nSPS) is 27.5. The molecule has 0 bridgehead atoms. The Morgan fingerprint density at radius 3 is 2.06 bits per heavy atom. The first-order chi connectivity index (χ1) is 15.2. The molecule has 5 heteroatoms. The number of fused-ring (bicyclic) bond motifs is 1. The van der Waals surface area contributed by atoms with E-state index in [1.807, 2.05) is 0 Å². The van der Waals surface area contributed by atoms with E-state index >= 15 is 0 Å². The third-order valence-electron chi connectivity index (χ3n) is 6.99. The maximum absolute atomic E-state index is 11.7. The highest BCUT2D eigenvalue weighted by atomic mass is 28.4. The largest absolute Gasteiger partial charge is 0.462 e. The summed E-state index contributed by atoms with van der Waals surface area (Å²) in [5, 5.41) is 2.48. The molecule has 32 heavy (non-hydrogen) atoms. The molecule has 2 aromatic carbocycles. The van der Waals surface area contributed by atoms with Crippen molar-refractivity contribution in [3.05, 3.63) is 73.0 Å². The van der Waals surface area contributed by atoms with Crippen molar-refractivity contribution in [1.82, 2.24) is 0 Å². The van der Waals surface area contributed by atoms with E-state index in [1.54, 1.807) is 6.26 Å². The maximum Gasteiger partial charge on any atom is 0.305 e. The van der Waals surface area contributed by atoms with Crippen LogP contribution in [0.4, 0.5) is 0 Å². The van der Waals surface area contributed by atoms with Crippen molar-refractivity contribution < 1.29 is 18.7 Å². The standard InChI is InChI=1S/C27H34O4Si/c1-19-18-24(23-16-17-29-26(25(19)23)30-20(2)28)31-32(27(3,4)5,21-12-8-6-9-13-21)22-14-10-7-11-15-22/h6-17,19,23-26H,18H2,1-5H3. The lowest BCUT2D eigenvalue weighted by Crippen LogP contribution is -2.68. The van der Waals surface area contributed by atoms with Crippen LogP contribution in [-0.4, -0.2) is 26.7 Å². The third kappa shape index (κ3) is 4.04. The molecule has 0 N–H and O–H groups in total. The number of hydrogen-bond donors (Lipinski definition) is 0. The third-order valence-corrected chi connectivity index (χ3v) is 12.1. The predicted molar refractivity (Wildman–Crippen MR) is 129 cm³/mol. The maximum atomic E-state index is 11.7. The lowest BCUT2D eigenvalue weighted by Gasteiger charge is -2.46. The fourth-order valence-corrected chi connectivity index (χ4v) is 10.4. The average Bonchev–Trinajstić information content (AvgIpc) is 3.08. The minimum atomic E-state index is -2.66. The molecule has 1 heterocycles. The Kier molecular flexibility index (Phi) is 6.32. The molecule has 5 atom stereocenters. The summed E-state index contributed by atoms with van der Waals surface area (Å²) in [5.74, 6) is 0.238. The van der Waals surface area contributed by atoms with Crippen LogP contribution in [0.25, 0.3) is 0 Å². The molecule has 5 unspecified atom stereocenters. The molecule has 0 amide bonds. The van der Waals surface area contributed by atoms with E-state index in [2.05, 4.69) is 94.4 Å². The molecule has 170 valence electrons. The number of ether oxygens (including phenoxy) is 2. The van der Waals surface area contributed by atoms with Gasteiger partial charge in [-0.2, -0.15) is 0 Å². The summed E-state index contributed by atoms with van der Waals surface area (Å²) >= 11 is 0. The molecule has 1 aliphatic heterocycles. The van der Waals surface area contributed by atoms with Crippen LogP contribution in [0.5, 0.6) is 0 Å². The second kappa shape index (κ2) is 8.87. The van der Waals surface area contributed by atoms with Gasteiger partial charge in [-0.15, -0.1) is 0 Å². The lowest BCUT2D eigenvalue weighted by atomic mass is 9.88. The first-order valence-corrected chi connectivity index (χ1v) is 13.4. The smallest absolute Gasteiger partial charge is 0.305 e. The van der Waals surface area contributed by atoms with Crippen molar-refractivity contribution >= 4 is 24.7 Å². The Hall–Kier alpha value is -2.37. The Bertz CT molecular complexity index is 911. The molecule has 1 aliphatic carbocycles. The molecule has 2 aromatic rings. The summed E-state index contributed by atoms with van der Waals surface area (Å²) in [5.41, 5.74) is 0. The van der Waals surface area contributed by atoms with Gasteiger partial charge in [-0.05, 0) is 33.8 Å². The second-order valence-corrected chi connectivity index (χ2v) is 14.4. The van der Waals surface area contributed by atoms with Gasteiger partial charge in [0, 0.05) is 18.8 Å². The van der Waals surface area contributed by atoms with E-state index in [-0.39, 0.29) is 28.9 Å². The highest BCUT2D eigenvalue weighted by Crippen LogP contribution is 2.48. The van der Waals surface area contributed by atoms with Crippen molar-refractivity contribution in [1.29, 1.82) is 0 Å². The van der Waals surface area contributed by atoms with Crippen LogP contribution < -0.4 is 10.4 Å². The number of rotatable bonds is 5. The van der Waals surface area contributed by atoms with Crippen molar-refractivity contribution in [2.24, 2.45) is 17.8 Å². The summed E-state index contributed by atoms with van der Waals surface area (Å²) in [4.78, 5) is 11.7. The van der Waals surface area contributed by atoms with E-state index in [0.717, 1.165) is 6.42 Å². The topological polar surface area (TPSA) is 44.8 Å². The van der Waals surface area contributed by atoms with Gasteiger partial charge in [-0.25, -0.2) is 0 Å². The summed E-state index contributed by atoms with van der Waals surface area (Å²) in [6.45, 7) is 10.6. The molecule has 2 aliphatic rings. The van der Waals surface area contributed by atoms with Gasteiger partial charge in [-0.1, -0.05) is 88.4 Å². The number of benzene rings is 2. The molecular formula is C27H34O4Si. The van der Waals surface area contributed by atoms with E-state index in [1.165, 1.54) is 17.3 Å². The highest BCUT2D eigenvalue weighted by molar-refractivity contribution is 6.99. The molecule has 1 saturated carbocycles. The van der Waals surface area contributed by atoms with Gasteiger partial charge in [0.15, 0.2) is 0 Å². The number of esters is 1. The van der Waals surface area contributed by atoms with Gasteiger partial charge >= 0.3 is 5.97 Å². The first-order valence-electron chi connectivity index (χ1n) is 11.5. The van der Waals surface area contributed by atoms with Crippen LogP contribution in [-0.2, 0) is 18.7 Å². The molecule has 0 radical (unpaired) electrons. The SMILES string of the molecule is CC(=O)OC1OC=CC2C(O[Si](c3ccccc3)(c3ccccc3)C(C)(C)C)CC(C)C12. The Morgan fingerprint density at radius 2 is 1.56 bits per heavy atom. The van der Waals surface area contributed by atoms with Crippen LogP contribution in [0.3, 0.4) is 0 Å². The van der Waals surface area contributed by atoms with Gasteiger partial charge in [0.05, 0.1) is 12.4 Å². The van der Waals surface area contributed by atoms with Gasteiger partial charge < -0.3 is 13.9 Å². The molecule has 0 aromatic heterocycles. The Morgan fingerprint density at radius 1 is 1.00 bits per heavy atom. The zero-order valence-corrected chi connectivity index (χ0v) is 20.7. The molecule has 4 rings (SSSR count). The van der Waals surface area contributed by atoms with E-state index in [4.69, 9.17) is 13.9 Å². The van der Waals surface area contributed by atoms with Gasteiger partial charge in [0.2, 0.25) is 6.29 Å². The fourth-order valence-electron chi connectivity index (χ4n) is 5.63. The quantitative estimate of drug-likeness (QED) is 0.492. The number of carbonyl (C=O) groups excluding carboxylic acids is 1. The second-order valence-electron chi connectivity index (χ2n) is 10.1. The minimum absolute atomic E-state index is 0.0273. The average molecular weight is 451 g/mol. The van der Waals surface area contributed by atoms with Crippen molar-refractivity contribution in [2.45, 2.75) is 58.5 Å².